The van der Waals surface area contributed by atoms with E-state index in [4.69, 9.17) is 0 Å². The molecule has 0 saturated heterocycles. The number of aryl methyl sites for hydroxylation is 1. The van der Waals surface area contributed by atoms with E-state index in [1.807, 2.05) is 0 Å². The Morgan fingerprint density at radius 1 is 1.30 bits per heavy atom. The van der Waals surface area contributed by atoms with Crippen molar-refractivity contribution in [3.05, 3.63) is 46.6 Å². The average Bonchev–Trinajstić information content (AvgIpc) is 2.83. The lowest BCUT2D eigenvalue weighted by molar-refractivity contribution is 0.603. The maximum Gasteiger partial charge on any atom is 0.271 e. The molecule has 1 heterocycles. The van der Waals surface area contributed by atoms with Crippen molar-refractivity contribution in [3.63, 3.8) is 0 Å². The van der Waals surface area contributed by atoms with Gasteiger partial charge >= 0.3 is 0 Å². The Balaban J connectivity index is 2.28. The summed E-state index contributed by atoms with van der Waals surface area (Å²) in [7, 11) is -1.88. The Kier molecular flexibility index (Phi) is 4.42. The molecular formula is C13H15FN2O2S2. The van der Waals surface area contributed by atoms with Crippen LogP contribution in [0.5, 0.6) is 0 Å². The van der Waals surface area contributed by atoms with Crippen molar-refractivity contribution in [2.24, 2.45) is 0 Å². The minimum Gasteiger partial charge on any atom is -0.316 e. The Morgan fingerprint density at radius 3 is 2.75 bits per heavy atom. The maximum atomic E-state index is 13.2. The van der Waals surface area contributed by atoms with Crippen LogP contribution in [0.4, 0.5) is 10.1 Å². The van der Waals surface area contributed by atoms with Gasteiger partial charge in [-0.1, -0.05) is 6.07 Å². The molecule has 0 aliphatic carbocycles. The largest absolute Gasteiger partial charge is 0.316 e. The second-order valence-electron chi connectivity index (χ2n) is 4.37. The van der Waals surface area contributed by atoms with Gasteiger partial charge in [0.05, 0.1) is 5.69 Å². The molecule has 1 aromatic heterocycles. The van der Waals surface area contributed by atoms with E-state index in [1.165, 1.54) is 18.2 Å². The third-order valence-electron chi connectivity index (χ3n) is 2.72. The maximum absolute atomic E-state index is 13.2. The van der Waals surface area contributed by atoms with Crippen LogP contribution in [-0.4, -0.2) is 15.5 Å². The summed E-state index contributed by atoms with van der Waals surface area (Å²) in [6.07, 6.45) is 0. The predicted molar refractivity (Wildman–Crippen MR) is 79.0 cm³/mol. The van der Waals surface area contributed by atoms with Crippen molar-refractivity contribution in [3.8, 4) is 0 Å². The molecule has 20 heavy (non-hydrogen) atoms. The highest BCUT2D eigenvalue weighted by Crippen LogP contribution is 2.25. The lowest BCUT2D eigenvalue weighted by atomic mass is 10.2. The van der Waals surface area contributed by atoms with Gasteiger partial charge in [0.15, 0.2) is 0 Å². The Hall–Kier alpha value is -1.44. The van der Waals surface area contributed by atoms with E-state index >= 15 is 0 Å². The van der Waals surface area contributed by atoms with E-state index in [1.54, 1.807) is 25.4 Å². The standard InChI is InChI=1S/C13H15FN2O2S2/c1-9-3-4-11(14)6-12(9)16-20(17,18)13-5-10(7-15-2)8-19-13/h3-6,8,15-16H,7H2,1-2H3. The summed E-state index contributed by atoms with van der Waals surface area (Å²) in [5, 5.41) is 4.74. The average molecular weight is 314 g/mol. The minimum absolute atomic E-state index is 0.214. The molecule has 7 heteroatoms. The molecule has 0 atom stereocenters. The summed E-state index contributed by atoms with van der Waals surface area (Å²) < 4.78 is 40.3. The number of thiophene rings is 1. The van der Waals surface area contributed by atoms with Gasteiger partial charge in [-0.25, -0.2) is 12.8 Å². The van der Waals surface area contributed by atoms with Crippen LogP contribution in [-0.2, 0) is 16.6 Å². The number of hydrogen-bond acceptors (Lipinski definition) is 4. The Bertz CT molecular complexity index is 711. The highest BCUT2D eigenvalue weighted by molar-refractivity contribution is 7.94. The van der Waals surface area contributed by atoms with Crippen molar-refractivity contribution < 1.29 is 12.8 Å². The number of anilines is 1. The summed E-state index contributed by atoms with van der Waals surface area (Å²) in [4.78, 5) is 0. The SMILES string of the molecule is CNCc1csc(S(=O)(=O)Nc2cc(F)ccc2C)c1. The first-order valence-corrected chi connectivity index (χ1v) is 8.29. The number of hydrogen-bond donors (Lipinski definition) is 2. The molecule has 2 aromatic rings. The molecule has 2 N–H and O–H groups in total. The highest BCUT2D eigenvalue weighted by Gasteiger charge is 2.18. The number of nitrogens with one attached hydrogen (secondary N) is 2. The zero-order valence-electron chi connectivity index (χ0n) is 11.1. The minimum atomic E-state index is -3.68. The van der Waals surface area contributed by atoms with Crippen LogP contribution in [0.15, 0.2) is 33.9 Å². The normalized spacial score (nSPS) is 11.6. The van der Waals surface area contributed by atoms with Gasteiger partial charge in [-0.05, 0) is 48.7 Å². The van der Waals surface area contributed by atoms with Crippen molar-refractivity contribution in [2.75, 3.05) is 11.8 Å². The van der Waals surface area contributed by atoms with Gasteiger partial charge in [-0.2, -0.15) is 0 Å². The van der Waals surface area contributed by atoms with Gasteiger partial charge in [-0.3, -0.25) is 4.72 Å². The lowest BCUT2D eigenvalue weighted by Gasteiger charge is -2.09. The van der Waals surface area contributed by atoms with E-state index in [2.05, 4.69) is 10.0 Å². The zero-order valence-corrected chi connectivity index (χ0v) is 12.7. The number of rotatable bonds is 5. The summed E-state index contributed by atoms with van der Waals surface area (Å²) in [5.41, 5.74) is 1.82. The molecule has 0 spiro atoms. The van der Waals surface area contributed by atoms with E-state index in [0.717, 1.165) is 16.9 Å². The topological polar surface area (TPSA) is 58.2 Å². The van der Waals surface area contributed by atoms with Crippen LogP contribution >= 0.6 is 11.3 Å². The fourth-order valence-electron chi connectivity index (χ4n) is 1.69. The molecule has 0 radical (unpaired) electrons. The van der Waals surface area contributed by atoms with Crippen LogP contribution in [0.1, 0.15) is 11.1 Å². The molecular weight excluding hydrogens is 299 g/mol. The fourth-order valence-corrected chi connectivity index (χ4v) is 4.02. The Morgan fingerprint density at radius 2 is 2.05 bits per heavy atom. The number of halogens is 1. The van der Waals surface area contributed by atoms with Crippen LogP contribution in [0.25, 0.3) is 0 Å². The molecule has 108 valence electrons. The van der Waals surface area contributed by atoms with Gasteiger partial charge in [0.25, 0.3) is 10.0 Å². The monoisotopic (exact) mass is 314 g/mol. The zero-order chi connectivity index (χ0) is 14.8. The molecule has 0 aliphatic rings. The van der Waals surface area contributed by atoms with Crippen LogP contribution in [0.3, 0.4) is 0 Å². The molecule has 0 bridgehead atoms. The van der Waals surface area contributed by atoms with Crippen molar-refractivity contribution >= 4 is 27.0 Å². The van der Waals surface area contributed by atoms with Gasteiger partial charge in [-0.15, -0.1) is 11.3 Å². The van der Waals surface area contributed by atoms with Crippen molar-refractivity contribution in [1.29, 1.82) is 0 Å². The van der Waals surface area contributed by atoms with Crippen LogP contribution in [0.2, 0.25) is 0 Å². The number of benzene rings is 1. The summed E-state index contributed by atoms with van der Waals surface area (Å²) in [5.74, 6) is -0.477. The molecule has 0 fully saturated rings. The fraction of sp³-hybridized carbons (Fsp3) is 0.231. The third kappa shape index (κ3) is 3.36. The molecule has 2 rings (SSSR count). The predicted octanol–water partition coefficient (Wildman–Crippen LogP) is 2.72. The van der Waals surface area contributed by atoms with Crippen molar-refractivity contribution in [1.82, 2.24) is 5.32 Å². The Labute approximate surface area is 121 Å². The van der Waals surface area contributed by atoms with E-state index in [0.29, 0.717) is 12.1 Å². The molecule has 0 amide bonds. The highest BCUT2D eigenvalue weighted by atomic mass is 32.2. The van der Waals surface area contributed by atoms with Gasteiger partial charge < -0.3 is 5.32 Å². The summed E-state index contributed by atoms with van der Waals surface area (Å²) in [6.45, 7) is 2.32. The second kappa shape index (κ2) is 5.90. The van der Waals surface area contributed by atoms with Gasteiger partial charge in [0.2, 0.25) is 0 Å². The van der Waals surface area contributed by atoms with Crippen LogP contribution in [0, 0.1) is 12.7 Å². The first kappa shape index (κ1) is 15.0. The molecule has 0 unspecified atom stereocenters. The van der Waals surface area contributed by atoms with Crippen LogP contribution < -0.4 is 10.0 Å². The summed E-state index contributed by atoms with van der Waals surface area (Å²) >= 11 is 1.14. The molecule has 0 aliphatic heterocycles. The molecule has 0 saturated carbocycles. The summed E-state index contributed by atoms with van der Waals surface area (Å²) in [6, 6.07) is 5.62. The van der Waals surface area contributed by atoms with Gasteiger partial charge in [0.1, 0.15) is 10.0 Å². The second-order valence-corrected chi connectivity index (χ2v) is 7.19. The first-order valence-electron chi connectivity index (χ1n) is 5.93. The third-order valence-corrected chi connectivity index (χ3v) is 5.57. The molecule has 4 nitrogen and oxygen atoms in total. The first-order chi connectivity index (χ1) is 9.42. The quantitative estimate of drug-likeness (QED) is 0.892. The van der Waals surface area contributed by atoms with E-state index in [-0.39, 0.29) is 9.90 Å². The molecule has 1 aromatic carbocycles. The van der Waals surface area contributed by atoms with Gasteiger partial charge in [0, 0.05) is 6.54 Å². The van der Waals surface area contributed by atoms with Crippen molar-refractivity contribution in [2.45, 2.75) is 17.7 Å². The van der Waals surface area contributed by atoms with E-state index in [9.17, 15) is 12.8 Å². The van der Waals surface area contributed by atoms with E-state index < -0.39 is 15.8 Å². The number of sulfonamides is 1. The lowest BCUT2D eigenvalue weighted by Crippen LogP contribution is -2.12. The smallest absolute Gasteiger partial charge is 0.271 e.